The van der Waals surface area contributed by atoms with Gasteiger partial charge >= 0.3 is 0 Å². The summed E-state index contributed by atoms with van der Waals surface area (Å²) in [5.41, 5.74) is 4.66. The number of ether oxygens (including phenoxy) is 1. The standard InChI is InChI=1S/C21H29ClN4O2/c1-5-26(18-6-8-28-9-7-18)20-11-17(22)10-19(14(20)2)21(27)23-12-16-13-24-25(4)15(16)3/h10-11,13,18H,5-9,12H2,1-4H3,(H,23,27). The molecule has 1 amide bonds. The molecule has 0 saturated carbocycles. The maximum absolute atomic E-state index is 12.9. The van der Waals surface area contributed by atoms with E-state index in [1.165, 1.54) is 0 Å². The zero-order valence-corrected chi connectivity index (χ0v) is 17.8. The molecule has 0 radical (unpaired) electrons. The summed E-state index contributed by atoms with van der Waals surface area (Å²) in [6.45, 7) is 8.99. The molecular weight excluding hydrogens is 376 g/mol. The minimum absolute atomic E-state index is 0.118. The third-order valence-electron chi connectivity index (χ3n) is 5.65. The number of anilines is 1. The van der Waals surface area contributed by atoms with E-state index in [1.54, 1.807) is 16.9 Å². The lowest BCUT2D eigenvalue weighted by Gasteiger charge is -2.36. The van der Waals surface area contributed by atoms with Crippen LogP contribution in [0.2, 0.25) is 5.02 Å². The number of aryl methyl sites for hydroxylation is 1. The van der Waals surface area contributed by atoms with E-state index in [4.69, 9.17) is 16.3 Å². The topological polar surface area (TPSA) is 59.4 Å². The Morgan fingerprint density at radius 1 is 1.36 bits per heavy atom. The van der Waals surface area contributed by atoms with Gasteiger partial charge in [0.15, 0.2) is 0 Å². The van der Waals surface area contributed by atoms with Crippen LogP contribution in [0.3, 0.4) is 0 Å². The van der Waals surface area contributed by atoms with Crippen molar-refractivity contribution in [2.24, 2.45) is 7.05 Å². The second-order valence-corrected chi connectivity index (χ2v) is 7.72. The number of halogens is 1. The molecule has 0 bridgehead atoms. The van der Waals surface area contributed by atoms with Gasteiger partial charge in [-0.05, 0) is 51.3 Å². The summed E-state index contributed by atoms with van der Waals surface area (Å²) in [5, 5.41) is 7.82. The third-order valence-corrected chi connectivity index (χ3v) is 5.87. The Morgan fingerprint density at radius 3 is 2.68 bits per heavy atom. The fourth-order valence-corrected chi connectivity index (χ4v) is 4.02. The molecule has 0 spiro atoms. The summed E-state index contributed by atoms with van der Waals surface area (Å²) in [6.07, 6.45) is 3.76. The van der Waals surface area contributed by atoms with Crippen LogP contribution in [0.15, 0.2) is 18.3 Å². The van der Waals surface area contributed by atoms with E-state index in [2.05, 4.69) is 22.2 Å². The Kier molecular flexibility index (Phi) is 6.62. The number of carbonyl (C=O) groups excluding carboxylic acids is 1. The quantitative estimate of drug-likeness (QED) is 0.798. The molecule has 1 fully saturated rings. The summed E-state index contributed by atoms with van der Waals surface area (Å²) >= 11 is 6.41. The van der Waals surface area contributed by atoms with Gasteiger partial charge in [-0.25, -0.2) is 0 Å². The van der Waals surface area contributed by atoms with Crippen molar-refractivity contribution in [2.75, 3.05) is 24.7 Å². The second-order valence-electron chi connectivity index (χ2n) is 7.29. The molecule has 0 unspecified atom stereocenters. The van der Waals surface area contributed by atoms with Gasteiger partial charge in [0, 0.05) is 66.9 Å². The summed E-state index contributed by atoms with van der Waals surface area (Å²) in [7, 11) is 1.89. The lowest BCUT2D eigenvalue weighted by Crippen LogP contribution is -2.40. The number of benzene rings is 1. The molecule has 2 aromatic rings. The van der Waals surface area contributed by atoms with Crippen LogP contribution in [0.1, 0.15) is 46.9 Å². The zero-order valence-electron chi connectivity index (χ0n) is 17.1. The summed E-state index contributed by atoms with van der Waals surface area (Å²) < 4.78 is 7.31. The molecule has 0 atom stereocenters. The van der Waals surface area contributed by atoms with Gasteiger partial charge in [-0.2, -0.15) is 5.10 Å². The smallest absolute Gasteiger partial charge is 0.251 e. The lowest BCUT2D eigenvalue weighted by atomic mass is 10.0. The van der Waals surface area contributed by atoms with E-state index in [0.717, 1.165) is 55.1 Å². The highest BCUT2D eigenvalue weighted by atomic mass is 35.5. The highest BCUT2D eigenvalue weighted by molar-refractivity contribution is 6.31. The molecule has 6 nitrogen and oxygen atoms in total. The number of nitrogens with zero attached hydrogens (tertiary/aromatic N) is 3. The first-order chi connectivity index (χ1) is 13.4. The van der Waals surface area contributed by atoms with Crippen molar-refractivity contribution >= 4 is 23.2 Å². The summed E-state index contributed by atoms with van der Waals surface area (Å²) in [4.78, 5) is 15.3. The van der Waals surface area contributed by atoms with Crippen LogP contribution in [-0.2, 0) is 18.3 Å². The highest BCUT2D eigenvalue weighted by Gasteiger charge is 2.24. The molecule has 2 heterocycles. The minimum atomic E-state index is -0.118. The molecule has 3 rings (SSSR count). The second kappa shape index (κ2) is 8.97. The Hall–Kier alpha value is -2.05. The van der Waals surface area contributed by atoms with Crippen LogP contribution in [-0.4, -0.2) is 41.5 Å². The monoisotopic (exact) mass is 404 g/mol. The van der Waals surface area contributed by atoms with Crippen molar-refractivity contribution < 1.29 is 9.53 Å². The van der Waals surface area contributed by atoms with Gasteiger partial charge in [-0.1, -0.05) is 11.6 Å². The molecule has 1 N–H and O–H groups in total. The lowest BCUT2D eigenvalue weighted by molar-refractivity contribution is 0.0846. The van der Waals surface area contributed by atoms with Gasteiger partial charge in [0.05, 0.1) is 6.20 Å². The van der Waals surface area contributed by atoms with Crippen molar-refractivity contribution in [1.29, 1.82) is 0 Å². The summed E-state index contributed by atoms with van der Waals surface area (Å²) in [5.74, 6) is -0.118. The zero-order chi connectivity index (χ0) is 20.3. The van der Waals surface area contributed by atoms with Crippen molar-refractivity contribution in [1.82, 2.24) is 15.1 Å². The fraction of sp³-hybridized carbons (Fsp3) is 0.524. The molecule has 1 saturated heterocycles. The first-order valence-corrected chi connectivity index (χ1v) is 10.2. The van der Waals surface area contributed by atoms with E-state index < -0.39 is 0 Å². The van der Waals surface area contributed by atoms with Crippen molar-refractivity contribution in [3.8, 4) is 0 Å². The SMILES string of the molecule is CCN(c1cc(Cl)cc(C(=O)NCc2cnn(C)c2C)c1C)C1CCOCC1. The molecule has 1 aliphatic rings. The molecule has 152 valence electrons. The third kappa shape index (κ3) is 4.33. The first kappa shape index (κ1) is 20.7. The predicted molar refractivity (Wildman–Crippen MR) is 112 cm³/mol. The molecule has 28 heavy (non-hydrogen) atoms. The first-order valence-electron chi connectivity index (χ1n) is 9.82. The maximum Gasteiger partial charge on any atom is 0.251 e. The maximum atomic E-state index is 12.9. The van der Waals surface area contributed by atoms with Gasteiger partial charge in [0.2, 0.25) is 0 Å². The molecule has 1 aliphatic heterocycles. The Bertz CT molecular complexity index is 843. The minimum Gasteiger partial charge on any atom is -0.381 e. The van der Waals surface area contributed by atoms with Crippen LogP contribution in [0.4, 0.5) is 5.69 Å². The van der Waals surface area contributed by atoms with Gasteiger partial charge in [0.25, 0.3) is 5.91 Å². The van der Waals surface area contributed by atoms with Crippen LogP contribution in [0.5, 0.6) is 0 Å². The molecule has 0 aliphatic carbocycles. The number of hydrogen-bond acceptors (Lipinski definition) is 4. The Balaban J connectivity index is 1.83. The number of hydrogen-bond donors (Lipinski definition) is 1. The fourth-order valence-electron chi connectivity index (χ4n) is 3.81. The Labute approximate surface area is 171 Å². The highest BCUT2D eigenvalue weighted by Crippen LogP contribution is 2.31. The molecule has 1 aromatic carbocycles. The van der Waals surface area contributed by atoms with Crippen LogP contribution >= 0.6 is 11.6 Å². The van der Waals surface area contributed by atoms with Crippen molar-refractivity contribution in [2.45, 2.75) is 46.2 Å². The van der Waals surface area contributed by atoms with Crippen LogP contribution in [0.25, 0.3) is 0 Å². The molecular formula is C21H29ClN4O2. The van der Waals surface area contributed by atoms with E-state index in [1.807, 2.05) is 27.0 Å². The van der Waals surface area contributed by atoms with E-state index in [0.29, 0.717) is 23.2 Å². The van der Waals surface area contributed by atoms with Crippen molar-refractivity contribution in [3.05, 3.63) is 45.7 Å². The number of rotatable bonds is 6. The number of carbonyl (C=O) groups is 1. The van der Waals surface area contributed by atoms with E-state index >= 15 is 0 Å². The van der Waals surface area contributed by atoms with E-state index in [9.17, 15) is 4.79 Å². The normalized spacial score (nSPS) is 14.9. The van der Waals surface area contributed by atoms with Gasteiger partial charge in [0.1, 0.15) is 0 Å². The summed E-state index contributed by atoms with van der Waals surface area (Å²) in [6, 6.07) is 4.13. The number of nitrogens with one attached hydrogen (secondary N) is 1. The average Bonchev–Trinajstić information content (AvgIpc) is 3.02. The van der Waals surface area contributed by atoms with Gasteiger partial charge in [-0.15, -0.1) is 0 Å². The van der Waals surface area contributed by atoms with Gasteiger partial charge < -0.3 is 15.0 Å². The average molecular weight is 405 g/mol. The molecule has 7 heteroatoms. The number of aromatic nitrogens is 2. The largest absolute Gasteiger partial charge is 0.381 e. The van der Waals surface area contributed by atoms with Gasteiger partial charge in [-0.3, -0.25) is 9.48 Å². The molecule has 1 aromatic heterocycles. The van der Waals surface area contributed by atoms with Crippen LogP contribution in [0, 0.1) is 13.8 Å². The van der Waals surface area contributed by atoms with E-state index in [-0.39, 0.29) is 5.91 Å². The Morgan fingerprint density at radius 2 is 2.07 bits per heavy atom. The number of amides is 1. The van der Waals surface area contributed by atoms with Crippen LogP contribution < -0.4 is 10.2 Å². The predicted octanol–water partition coefficient (Wildman–Crippen LogP) is 3.63. The van der Waals surface area contributed by atoms with Crippen molar-refractivity contribution in [3.63, 3.8) is 0 Å².